The van der Waals surface area contributed by atoms with E-state index < -0.39 is 11.6 Å². The van der Waals surface area contributed by atoms with Gasteiger partial charge in [0.25, 0.3) is 0 Å². The van der Waals surface area contributed by atoms with Crippen molar-refractivity contribution in [3.8, 4) is 0 Å². The van der Waals surface area contributed by atoms with E-state index >= 15 is 0 Å². The standard InChI is InChI=1S/C15H18F2N2O/c1-10(13-3-2-12(16)7-14(13)17)6-15(20)19-5-4-11(8-18)9-19/h2-3,6-7,11H,4-5,8-9,18H2,1H3/b10-6-. The molecule has 1 fully saturated rings. The van der Waals surface area contributed by atoms with Crippen LogP contribution in [-0.4, -0.2) is 30.4 Å². The predicted octanol–water partition coefficient (Wildman–Crippen LogP) is 2.18. The maximum Gasteiger partial charge on any atom is 0.246 e. The van der Waals surface area contributed by atoms with Crippen molar-refractivity contribution in [3.63, 3.8) is 0 Å². The first kappa shape index (κ1) is 14.7. The van der Waals surface area contributed by atoms with Gasteiger partial charge in [0.15, 0.2) is 0 Å². The van der Waals surface area contributed by atoms with Crippen molar-refractivity contribution in [2.75, 3.05) is 19.6 Å². The van der Waals surface area contributed by atoms with Crippen molar-refractivity contribution >= 4 is 11.5 Å². The molecule has 1 atom stereocenters. The van der Waals surface area contributed by atoms with Crippen LogP contribution in [0.5, 0.6) is 0 Å². The molecule has 0 aromatic heterocycles. The number of benzene rings is 1. The summed E-state index contributed by atoms with van der Waals surface area (Å²) in [6.07, 6.45) is 2.30. The van der Waals surface area contributed by atoms with Crippen molar-refractivity contribution < 1.29 is 13.6 Å². The molecule has 0 spiro atoms. The number of allylic oxidation sites excluding steroid dienone is 1. The van der Waals surface area contributed by atoms with Gasteiger partial charge in [0.1, 0.15) is 11.6 Å². The van der Waals surface area contributed by atoms with Gasteiger partial charge in [-0.15, -0.1) is 0 Å². The molecule has 1 aliphatic rings. The molecule has 5 heteroatoms. The van der Waals surface area contributed by atoms with Crippen molar-refractivity contribution in [1.29, 1.82) is 0 Å². The fraction of sp³-hybridized carbons (Fsp3) is 0.400. The van der Waals surface area contributed by atoms with Crippen LogP contribution >= 0.6 is 0 Å². The average Bonchev–Trinajstić information content (AvgIpc) is 2.87. The number of rotatable bonds is 3. The molecule has 1 heterocycles. The Bertz CT molecular complexity index is 543. The minimum absolute atomic E-state index is 0.151. The maximum absolute atomic E-state index is 13.6. The summed E-state index contributed by atoms with van der Waals surface area (Å²) in [4.78, 5) is 13.8. The van der Waals surface area contributed by atoms with E-state index in [9.17, 15) is 13.6 Å². The quantitative estimate of drug-likeness (QED) is 0.863. The van der Waals surface area contributed by atoms with E-state index in [0.29, 0.717) is 31.1 Å². The van der Waals surface area contributed by atoms with E-state index in [1.807, 2.05) is 0 Å². The van der Waals surface area contributed by atoms with Gasteiger partial charge in [-0.3, -0.25) is 4.79 Å². The Labute approximate surface area is 117 Å². The van der Waals surface area contributed by atoms with E-state index in [1.165, 1.54) is 18.2 Å². The topological polar surface area (TPSA) is 46.3 Å². The Morgan fingerprint density at radius 1 is 1.50 bits per heavy atom. The lowest BCUT2D eigenvalue weighted by atomic mass is 10.1. The van der Waals surface area contributed by atoms with Crippen LogP contribution in [0.2, 0.25) is 0 Å². The summed E-state index contributed by atoms with van der Waals surface area (Å²) >= 11 is 0. The van der Waals surface area contributed by atoms with E-state index in [4.69, 9.17) is 5.73 Å². The molecule has 1 aromatic rings. The minimum Gasteiger partial charge on any atom is -0.339 e. The van der Waals surface area contributed by atoms with E-state index in [1.54, 1.807) is 11.8 Å². The zero-order valence-corrected chi connectivity index (χ0v) is 11.4. The second kappa shape index (κ2) is 6.13. The third-order valence-corrected chi connectivity index (χ3v) is 3.63. The Morgan fingerprint density at radius 3 is 2.85 bits per heavy atom. The highest BCUT2D eigenvalue weighted by atomic mass is 19.1. The van der Waals surface area contributed by atoms with Crippen molar-refractivity contribution in [2.45, 2.75) is 13.3 Å². The number of carbonyl (C=O) groups is 1. The summed E-state index contributed by atoms with van der Waals surface area (Å²) in [6, 6.07) is 3.34. The lowest BCUT2D eigenvalue weighted by molar-refractivity contribution is -0.125. The number of amides is 1. The number of nitrogens with zero attached hydrogens (tertiary/aromatic N) is 1. The summed E-state index contributed by atoms with van der Waals surface area (Å²) in [7, 11) is 0. The van der Waals surface area contributed by atoms with Gasteiger partial charge in [-0.2, -0.15) is 0 Å². The monoisotopic (exact) mass is 280 g/mol. The van der Waals surface area contributed by atoms with Gasteiger partial charge in [0.2, 0.25) is 5.91 Å². The van der Waals surface area contributed by atoms with Crippen LogP contribution in [0.15, 0.2) is 24.3 Å². The number of likely N-dealkylation sites (tertiary alicyclic amines) is 1. The number of halogens is 2. The molecule has 1 saturated heterocycles. The van der Waals surface area contributed by atoms with Crippen LogP contribution in [0.3, 0.4) is 0 Å². The minimum atomic E-state index is -0.659. The fourth-order valence-electron chi connectivity index (χ4n) is 2.39. The van der Waals surface area contributed by atoms with Crippen LogP contribution in [0.4, 0.5) is 8.78 Å². The second-order valence-electron chi connectivity index (χ2n) is 5.13. The molecule has 2 rings (SSSR count). The first-order valence-corrected chi connectivity index (χ1v) is 6.64. The fourth-order valence-corrected chi connectivity index (χ4v) is 2.39. The lowest BCUT2D eigenvalue weighted by Gasteiger charge is -2.14. The van der Waals surface area contributed by atoms with E-state index in [0.717, 1.165) is 12.5 Å². The summed E-state index contributed by atoms with van der Waals surface area (Å²) in [6.45, 7) is 3.53. The van der Waals surface area contributed by atoms with Gasteiger partial charge in [0, 0.05) is 30.8 Å². The largest absolute Gasteiger partial charge is 0.339 e. The van der Waals surface area contributed by atoms with E-state index in [2.05, 4.69) is 0 Å². The van der Waals surface area contributed by atoms with Gasteiger partial charge in [-0.05, 0) is 43.5 Å². The predicted molar refractivity (Wildman–Crippen MR) is 73.8 cm³/mol. The molecule has 1 unspecified atom stereocenters. The molecule has 1 aliphatic heterocycles. The Balaban J connectivity index is 2.12. The summed E-state index contributed by atoms with van der Waals surface area (Å²) in [5.74, 6) is -1.10. The van der Waals surface area contributed by atoms with E-state index in [-0.39, 0.29) is 11.5 Å². The van der Waals surface area contributed by atoms with Gasteiger partial charge in [-0.25, -0.2) is 8.78 Å². The zero-order chi connectivity index (χ0) is 14.7. The van der Waals surface area contributed by atoms with Gasteiger partial charge < -0.3 is 10.6 Å². The third kappa shape index (κ3) is 3.22. The number of carbonyl (C=O) groups excluding carboxylic acids is 1. The highest BCUT2D eigenvalue weighted by Gasteiger charge is 2.24. The second-order valence-corrected chi connectivity index (χ2v) is 5.13. The molecular formula is C15H18F2N2O. The van der Waals surface area contributed by atoms with Crippen molar-refractivity contribution in [1.82, 2.24) is 4.90 Å². The van der Waals surface area contributed by atoms with Crippen LogP contribution in [-0.2, 0) is 4.79 Å². The highest BCUT2D eigenvalue weighted by Crippen LogP contribution is 2.20. The molecule has 108 valence electrons. The van der Waals surface area contributed by atoms with Crippen molar-refractivity contribution in [3.05, 3.63) is 41.5 Å². The smallest absolute Gasteiger partial charge is 0.246 e. The number of nitrogens with two attached hydrogens (primary N) is 1. The summed E-state index contributed by atoms with van der Waals surface area (Å²) in [5, 5.41) is 0. The molecule has 20 heavy (non-hydrogen) atoms. The number of hydrogen-bond donors (Lipinski definition) is 1. The first-order valence-electron chi connectivity index (χ1n) is 6.64. The maximum atomic E-state index is 13.6. The molecule has 0 radical (unpaired) electrons. The number of hydrogen-bond acceptors (Lipinski definition) is 2. The first-order chi connectivity index (χ1) is 9.51. The zero-order valence-electron chi connectivity index (χ0n) is 11.4. The Hall–Kier alpha value is -1.75. The Morgan fingerprint density at radius 2 is 2.25 bits per heavy atom. The summed E-state index contributed by atoms with van der Waals surface area (Å²) < 4.78 is 26.5. The van der Waals surface area contributed by atoms with Gasteiger partial charge in [0.05, 0.1) is 0 Å². The molecular weight excluding hydrogens is 262 g/mol. The van der Waals surface area contributed by atoms with Crippen LogP contribution in [0.1, 0.15) is 18.9 Å². The molecule has 1 aromatic carbocycles. The normalized spacial score (nSPS) is 19.5. The van der Waals surface area contributed by atoms with Crippen LogP contribution in [0, 0.1) is 17.6 Å². The molecule has 2 N–H and O–H groups in total. The van der Waals surface area contributed by atoms with Crippen LogP contribution in [0.25, 0.3) is 5.57 Å². The third-order valence-electron chi connectivity index (χ3n) is 3.63. The van der Waals surface area contributed by atoms with Crippen LogP contribution < -0.4 is 5.73 Å². The summed E-state index contributed by atoms with van der Waals surface area (Å²) in [5.41, 5.74) is 6.32. The van der Waals surface area contributed by atoms with Gasteiger partial charge >= 0.3 is 0 Å². The molecule has 0 aliphatic carbocycles. The molecule has 0 saturated carbocycles. The molecule has 3 nitrogen and oxygen atoms in total. The molecule has 0 bridgehead atoms. The average molecular weight is 280 g/mol. The SMILES string of the molecule is C/C(=C/C(=O)N1CCC(CN)C1)c1ccc(F)cc1F. The Kier molecular flexibility index (Phi) is 4.49. The molecule has 1 amide bonds. The lowest BCUT2D eigenvalue weighted by Crippen LogP contribution is -2.28. The highest BCUT2D eigenvalue weighted by molar-refractivity contribution is 5.95. The van der Waals surface area contributed by atoms with Crippen molar-refractivity contribution in [2.24, 2.45) is 11.7 Å². The van der Waals surface area contributed by atoms with Gasteiger partial charge in [-0.1, -0.05) is 0 Å².